The van der Waals surface area contributed by atoms with Gasteiger partial charge in [-0.1, -0.05) is 47.5 Å². The predicted octanol–water partition coefficient (Wildman–Crippen LogP) is 2.69. The fourth-order valence-corrected chi connectivity index (χ4v) is 2.49. The molecule has 2 nitrogen and oxygen atoms in total. The van der Waals surface area contributed by atoms with E-state index in [-0.39, 0.29) is 6.92 Å². The quantitative estimate of drug-likeness (QED) is 0.859. The Morgan fingerprint density at radius 2 is 1.43 bits per heavy atom. The highest BCUT2D eigenvalue weighted by atomic mass is 35.5. The summed E-state index contributed by atoms with van der Waals surface area (Å²) in [6.45, 7) is 4.68. The molecule has 2 N–H and O–H groups in total. The molecule has 0 spiro atoms. The molecule has 0 saturated heterocycles. The van der Waals surface area contributed by atoms with E-state index in [0.29, 0.717) is 13.2 Å². The van der Waals surface area contributed by atoms with Gasteiger partial charge in [0.1, 0.15) is 0 Å². The normalized spacial score (nSPS) is 10.7. The average molecular weight is 322 g/mol. The van der Waals surface area contributed by atoms with Crippen molar-refractivity contribution in [2.45, 2.75) is 13.8 Å². The van der Waals surface area contributed by atoms with E-state index >= 15 is 0 Å². The van der Waals surface area contributed by atoms with Crippen molar-refractivity contribution in [3.63, 3.8) is 0 Å². The molecule has 0 fully saturated rings. The van der Waals surface area contributed by atoms with Crippen LogP contribution in [-0.2, 0) is 4.65 Å². The van der Waals surface area contributed by atoms with Crippen molar-refractivity contribution >= 4 is 41.0 Å². The third-order valence-electron chi connectivity index (χ3n) is 3.40. The molecular weight excluding hydrogens is 304 g/mol. The first kappa shape index (κ1) is 16.4. The summed E-state index contributed by atoms with van der Waals surface area (Å²) in [4.78, 5) is 0. The Morgan fingerprint density at radius 3 is 1.81 bits per heavy atom. The van der Waals surface area contributed by atoms with E-state index in [1.807, 2.05) is 50.2 Å². The molecule has 2 aromatic rings. The molecule has 0 bridgehead atoms. The number of hydrogen-bond donors (Lipinski definition) is 1. The van der Waals surface area contributed by atoms with Gasteiger partial charge in [0.25, 0.3) is 0 Å². The highest BCUT2D eigenvalue weighted by Gasteiger charge is 2.22. The minimum atomic E-state index is -0.218. The van der Waals surface area contributed by atoms with Gasteiger partial charge in [-0.05, 0) is 48.0 Å². The molecule has 21 heavy (non-hydrogen) atoms. The molecule has 0 aliphatic carbocycles. The van der Waals surface area contributed by atoms with Crippen molar-refractivity contribution in [2.75, 3.05) is 13.2 Å². The highest BCUT2D eigenvalue weighted by molar-refractivity contribution is 6.80. The van der Waals surface area contributed by atoms with Gasteiger partial charge in [-0.25, -0.2) is 0 Å². The first-order valence-corrected chi connectivity index (χ1v) is 7.62. The molecule has 2 rings (SSSR count). The van der Waals surface area contributed by atoms with Gasteiger partial charge < -0.3 is 10.4 Å². The fourth-order valence-electron chi connectivity index (χ4n) is 2.12. The zero-order valence-corrected chi connectivity index (χ0v) is 13.7. The summed E-state index contributed by atoms with van der Waals surface area (Å²) in [6, 6.07) is 11.9. The van der Waals surface area contributed by atoms with Crippen molar-refractivity contribution in [3.8, 4) is 0 Å². The van der Waals surface area contributed by atoms with Crippen LogP contribution in [0.4, 0.5) is 0 Å². The lowest BCUT2D eigenvalue weighted by Crippen LogP contribution is -2.46. The fraction of sp³-hybridized carbons (Fsp3) is 0.250. The van der Waals surface area contributed by atoms with Crippen LogP contribution in [0.1, 0.15) is 11.1 Å². The third kappa shape index (κ3) is 4.01. The first-order valence-electron chi connectivity index (χ1n) is 6.86. The van der Waals surface area contributed by atoms with E-state index in [1.165, 1.54) is 0 Å². The second-order valence-corrected chi connectivity index (χ2v) is 5.87. The molecule has 0 saturated carbocycles. The Labute approximate surface area is 136 Å². The molecule has 0 atom stereocenters. The third-order valence-corrected chi connectivity index (χ3v) is 4.21. The molecule has 2 aromatic carbocycles. The Hall–Kier alpha value is -0.995. The van der Waals surface area contributed by atoms with Crippen LogP contribution in [-0.4, -0.2) is 20.1 Å². The van der Waals surface area contributed by atoms with Crippen molar-refractivity contribution in [3.05, 3.63) is 57.6 Å². The smallest absolute Gasteiger partial charge is 0.361 e. The number of nitrogens with two attached hydrogens (primary N) is 1. The number of aryl methyl sites for hydroxylation is 2. The summed E-state index contributed by atoms with van der Waals surface area (Å²) in [7, 11) is 0. The van der Waals surface area contributed by atoms with Crippen LogP contribution in [0.2, 0.25) is 10.0 Å². The molecule has 0 radical (unpaired) electrons. The van der Waals surface area contributed by atoms with Crippen LogP contribution in [0.3, 0.4) is 0 Å². The van der Waals surface area contributed by atoms with E-state index in [4.69, 9.17) is 33.6 Å². The first-order chi connectivity index (χ1) is 10.0. The van der Waals surface area contributed by atoms with Gasteiger partial charge in [-0.2, -0.15) is 0 Å². The lowest BCUT2D eigenvalue weighted by molar-refractivity contribution is 0.344. The van der Waals surface area contributed by atoms with Crippen LogP contribution in [0.15, 0.2) is 36.4 Å². The van der Waals surface area contributed by atoms with E-state index < -0.39 is 0 Å². The van der Waals surface area contributed by atoms with Gasteiger partial charge in [0.15, 0.2) is 0 Å². The maximum atomic E-state index is 6.23. The van der Waals surface area contributed by atoms with Gasteiger partial charge in [-0.15, -0.1) is 0 Å². The molecule has 0 heterocycles. The zero-order valence-electron chi connectivity index (χ0n) is 12.2. The molecule has 0 amide bonds. The minimum absolute atomic E-state index is 0.218. The van der Waals surface area contributed by atoms with Crippen LogP contribution >= 0.6 is 23.2 Å². The van der Waals surface area contributed by atoms with E-state index in [1.54, 1.807) is 0 Å². The second-order valence-electron chi connectivity index (χ2n) is 5.06. The Morgan fingerprint density at radius 1 is 0.952 bits per heavy atom. The molecule has 0 aliphatic heterocycles. The van der Waals surface area contributed by atoms with Gasteiger partial charge in [0.2, 0.25) is 0 Å². The topological polar surface area (TPSA) is 35.2 Å². The number of hydrogen-bond acceptors (Lipinski definition) is 2. The minimum Gasteiger partial charge on any atom is -0.426 e. The Bertz CT molecular complexity index is 582. The maximum Gasteiger partial charge on any atom is 0.361 e. The average Bonchev–Trinajstić information content (AvgIpc) is 2.46. The maximum absolute atomic E-state index is 6.23. The molecule has 0 aliphatic rings. The summed E-state index contributed by atoms with van der Waals surface area (Å²) in [5.74, 6) is 0. The van der Waals surface area contributed by atoms with E-state index in [0.717, 1.165) is 32.1 Å². The van der Waals surface area contributed by atoms with Gasteiger partial charge in [0.05, 0.1) is 0 Å². The van der Waals surface area contributed by atoms with Gasteiger partial charge in [-0.3, -0.25) is 0 Å². The lowest BCUT2D eigenvalue weighted by atomic mass is 9.55. The Kier molecular flexibility index (Phi) is 5.71. The summed E-state index contributed by atoms with van der Waals surface area (Å²) in [5, 5.41) is 1.46. The highest BCUT2D eigenvalue weighted by Crippen LogP contribution is 2.15. The van der Waals surface area contributed by atoms with Crippen molar-refractivity contribution < 1.29 is 4.65 Å². The standard InChI is InChI=1S/C16H18BCl2NO/c1-11-3-5-13(9-15(11)18)17(21-8-7-20)14-6-4-12(2)16(19)10-14/h3-6,9-10H,7-8,20H2,1-2H3. The number of benzene rings is 2. The van der Waals surface area contributed by atoms with Crippen molar-refractivity contribution in [2.24, 2.45) is 5.73 Å². The largest absolute Gasteiger partial charge is 0.426 e. The number of rotatable bonds is 5. The van der Waals surface area contributed by atoms with Gasteiger partial charge >= 0.3 is 6.92 Å². The van der Waals surface area contributed by atoms with Crippen molar-refractivity contribution in [1.82, 2.24) is 0 Å². The van der Waals surface area contributed by atoms with Crippen LogP contribution in [0.25, 0.3) is 0 Å². The van der Waals surface area contributed by atoms with Gasteiger partial charge in [0, 0.05) is 23.2 Å². The Balaban J connectivity index is 2.41. The summed E-state index contributed by atoms with van der Waals surface area (Å²) in [6.07, 6.45) is 0. The summed E-state index contributed by atoms with van der Waals surface area (Å²) >= 11 is 12.5. The number of halogens is 2. The molecule has 0 unspecified atom stereocenters. The van der Waals surface area contributed by atoms with Crippen LogP contribution in [0, 0.1) is 13.8 Å². The predicted molar refractivity (Wildman–Crippen MR) is 92.4 cm³/mol. The van der Waals surface area contributed by atoms with Crippen LogP contribution < -0.4 is 16.7 Å². The lowest BCUT2D eigenvalue weighted by Gasteiger charge is -2.16. The molecule has 5 heteroatoms. The summed E-state index contributed by atoms with van der Waals surface area (Å²) < 4.78 is 5.91. The zero-order chi connectivity index (χ0) is 15.4. The van der Waals surface area contributed by atoms with Crippen molar-refractivity contribution in [1.29, 1.82) is 0 Å². The van der Waals surface area contributed by atoms with E-state index in [2.05, 4.69) is 0 Å². The molecule has 0 aromatic heterocycles. The molecule has 110 valence electrons. The summed E-state index contributed by atoms with van der Waals surface area (Å²) in [5.41, 5.74) is 9.65. The van der Waals surface area contributed by atoms with E-state index in [9.17, 15) is 0 Å². The van der Waals surface area contributed by atoms with Crippen LogP contribution in [0.5, 0.6) is 0 Å². The monoisotopic (exact) mass is 321 g/mol. The second kappa shape index (κ2) is 7.32. The molecular formula is C16H18BCl2NO. The SMILES string of the molecule is Cc1ccc(B(OCCN)c2ccc(C)c(Cl)c2)cc1Cl.